The van der Waals surface area contributed by atoms with E-state index in [4.69, 9.17) is 9.84 Å². The summed E-state index contributed by atoms with van der Waals surface area (Å²) in [7, 11) is 0. The van der Waals surface area contributed by atoms with Crippen LogP contribution in [0.3, 0.4) is 0 Å². The van der Waals surface area contributed by atoms with E-state index in [0.29, 0.717) is 5.92 Å². The first-order valence-corrected chi connectivity index (χ1v) is 5.28. The van der Waals surface area contributed by atoms with E-state index in [1.807, 2.05) is 0 Å². The van der Waals surface area contributed by atoms with Gasteiger partial charge in [0, 0.05) is 19.2 Å². The lowest BCUT2D eigenvalue weighted by Crippen LogP contribution is -2.37. The quantitative estimate of drug-likeness (QED) is 0.668. The highest BCUT2D eigenvalue weighted by Gasteiger charge is 2.14. The number of nitrogens with one attached hydrogen (secondary N) is 1. The fourth-order valence-electron chi connectivity index (χ4n) is 1.64. The molecule has 0 spiro atoms. The number of hydrogen-bond acceptors (Lipinski definition) is 3. The summed E-state index contributed by atoms with van der Waals surface area (Å²) < 4.78 is 5.38. The van der Waals surface area contributed by atoms with E-state index < -0.39 is 0 Å². The molecule has 3 heteroatoms. The van der Waals surface area contributed by atoms with Crippen LogP contribution in [-0.2, 0) is 4.74 Å². The van der Waals surface area contributed by atoms with Crippen LogP contribution >= 0.6 is 0 Å². The second-order valence-electron chi connectivity index (χ2n) is 3.78. The molecule has 0 saturated carbocycles. The van der Waals surface area contributed by atoms with Crippen molar-refractivity contribution in [1.82, 2.24) is 5.32 Å². The summed E-state index contributed by atoms with van der Waals surface area (Å²) in [6.45, 7) is 5.12. The molecule has 0 aromatic carbocycles. The molecule has 1 saturated heterocycles. The Morgan fingerprint density at radius 1 is 1.62 bits per heavy atom. The molecule has 2 N–H and O–H groups in total. The van der Waals surface area contributed by atoms with Gasteiger partial charge in [0.05, 0.1) is 13.2 Å². The molecular formula is C10H21NO2. The van der Waals surface area contributed by atoms with Gasteiger partial charge in [0.25, 0.3) is 0 Å². The maximum atomic E-state index is 8.96. The number of aliphatic hydroxyl groups is 1. The molecule has 2 atom stereocenters. The molecule has 1 aliphatic heterocycles. The molecule has 1 fully saturated rings. The van der Waals surface area contributed by atoms with Crippen LogP contribution in [0.5, 0.6) is 0 Å². The van der Waals surface area contributed by atoms with Gasteiger partial charge in [-0.05, 0) is 25.2 Å². The lowest BCUT2D eigenvalue weighted by Gasteiger charge is -2.24. The highest BCUT2D eigenvalue weighted by atomic mass is 16.5. The van der Waals surface area contributed by atoms with Gasteiger partial charge >= 0.3 is 0 Å². The minimum Gasteiger partial charge on any atom is -0.395 e. The van der Waals surface area contributed by atoms with E-state index in [2.05, 4.69) is 12.2 Å². The average Bonchev–Trinajstić information content (AvgIpc) is 2.21. The molecule has 13 heavy (non-hydrogen) atoms. The topological polar surface area (TPSA) is 41.5 Å². The third-order valence-corrected chi connectivity index (χ3v) is 2.66. The minimum absolute atomic E-state index is 0.240. The van der Waals surface area contributed by atoms with Crippen LogP contribution in [0.15, 0.2) is 0 Å². The van der Waals surface area contributed by atoms with E-state index in [0.717, 1.165) is 26.2 Å². The van der Waals surface area contributed by atoms with Gasteiger partial charge < -0.3 is 15.2 Å². The Hall–Kier alpha value is -0.120. The first-order valence-electron chi connectivity index (χ1n) is 5.28. The van der Waals surface area contributed by atoms with Gasteiger partial charge in [-0.2, -0.15) is 0 Å². The summed E-state index contributed by atoms with van der Waals surface area (Å²) in [5, 5.41) is 12.3. The first kappa shape index (κ1) is 11.0. The Labute approximate surface area is 80.5 Å². The predicted molar refractivity (Wildman–Crippen MR) is 52.7 cm³/mol. The number of aliphatic hydroxyl groups excluding tert-OH is 1. The lowest BCUT2D eigenvalue weighted by atomic mass is 10.0. The van der Waals surface area contributed by atoms with Gasteiger partial charge in [0.1, 0.15) is 0 Å². The smallest absolute Gasteiger partial charge is 0.0584 e. The second-order valence-corrected chi connectivity index (χ2v) is 3.78. The molecule has 1 aliphatic rings. The fourth-order valence-corrected chi connectivity index (χ4v) is 1.64. The van der Waals surface area contributed by atoms with Crippen LogP contribution in [0.1, 0.15) is 26.2 Å². The Bertz CT molecular complexity index is 120. The van der Waals surface area contributed by atoms with E-state index in [1.165, 1.54) is 12.8 Å². The second kappa shape index (κ2) is 6.35. The Morgan fingerprint density at radius 2 is 2.46 bits per heavy atom. The minimum atomic E-state index is 0.240. The van der Waals surface area contributed by atoms with Crippen LogP contribution in [0.2, 0.25) is 0 Å². The monoisotopic (exact) mass is 187 g/mol. The van der Waals surface area contributed by atoms with Gasteiger partial charge in [-0.15, -0.1) is 0 Å². The predicted octanol–water partition coefficient (Wildman–Crippen LogP) is 0.773. The van der Waals surface area contributed by atoms with Gasteiger partial charge in [0.2, 0.25) is 0 Å². The molecule has 0 bridgehead atoms. The zero-order valence-electron chi connectivity index (χ0n) is 8.46. The third kappa shape index (κ3) is 4.07. The molecule has 1 rings (SSSR count). The highest BCUT2D eigenvalue weighted by molar-refractivity contribution is 4.70. The van der Waals surface area contributed by atoms with Crippen molar-refractivity contribution < 1.29 is 9.84 Å². The SMILES string of the molecule is CCC(CO)NCC1CCCOC1. The van der Waals surface area contributed by atoms with Crippen molar-refractivity contribution in [2.75, 3.05) is 26.4 Å². The van der Waals surface area contributed by atoms with E-state index in [1.54, 1.807) is 0 Å². The first-order chi connectivity index (χ1) is 6.36. The van der Waals surface area contributed by atoms with Crippen molar-refractivity contribution in [1.29, 1.82) is 0 Å². The molecule has 0 amide bonds. The average molecular weight is 187 g/mol. The van der Waals surface area contributed by atoms with Crippen molar-refractivity contribution in [3.8, 4) is 0 Å². The molecule has 3 nitrogen and oxygen atoms in total. The Morgan fingerprint density at radius 3 is 3.00 bits per heavy atom. The summed E-state index contributed by atoms with van der Waals surface area (Å²) in [6.07, 6.45) is 3.43. The van der Waals surface area contributed by atoms with Gasteiger partial charge in [-0.1, -0.05) is 6.92 Å². The zero-order chi connectivity index (χ0) is 9.52. The zero-order valence-corrected chi connectivity index (χ0v) is 8.46. The number of rotatable bonds is 5. The van der Waals surface area contributed by atoms with Gasteiger partial charge in [-0.25, -0.2) is 0 Å². The normalized spacial score (nSPS) is 25.8. The fraction of sp³-hybridized carbons (Fsp3) is 1.00. The van der Waals surface area contributed by atoms with Gasteiger partial charge in [0.15, 0.2) is 0 Å². The number of ether oxygens (including phenoxy) is 1. The lowest BCUT2D eigenvalue weighted by molar-refractivity contribution is 0.0527. The van der Waals surface area contributed by atoms with Crippen molar-refractivity contribution in [3.05, 3.63) is 0 Å². The van der Waals surface area contributed by atoms with Crippen molar-refractivity contribution in [2.24, 2.45) is 5.92 Å². The van der Waals surface area contributed by atoms with Crippen molar-refractivity contribution in [2.45, 2.75) is 32.2 Å². The van der Waals surface area contributed by atoms with Crippen molar-refractivity contribution in [3.63, 3.8) is 0 Å². The summed E-state index contributed by atoms with van der Waals surface area (Å²) in [6, 6.07) is 0.266. The molecule has 2 unspecified atom stereocenters. The maximum Gasteiger partial charge on any atom is 0.0584 e. The van der Waals surface area contributed by atoms with Crippen molar-refractivity contribution >= 4 is 0 Å². The standard InChI is InChI=1S/C10H21NO2/c1-2-10(7-12)11-6-9-4-3-5-13-8-9/h9-12H,2-8H2,1H3. The van der Waals surface area contributed by atoms with E-state index in [-0.39, 0.29) is 12.6 Å². The molecule has 0 aromatic heterocycles. The largest absolute Gasteiger partial charge is 0.395 e. The number of hydrogen-bond donors (Lipinski definition) is 2. The summed E-state index contributed by atoms with van der Waals surface area (Å²) in [5.74, 6) is 0.648. The van der Waals surface area contributed by atoms with E-state index in [9.17, 15) is 0 Å². The molecule has 1 heterocycles. The Kier molecular flexibility index (Phi) is 5.35. The van der Waals surface area contributed by atoms with Crippen LogP contribution in [0.25, 0.3) is 0 Å². The third-order valence-electron chi connectivity index (χ3n) is 2.66. The molecular weight excluding hydrogens is 166 g/mol. The van der Waals surface area contributed by atoms with Crippen LogP contribution < -0.4 is 5.32 Å². The molecule has 0 aliphatic carbocycles. The summed E-state index contributed by atoms with van der Waals surface area (Å²) in [5.41, 5.74) is 0. The molecule has 0 aromatic rings. The molecule has 0 radical (unpaired) electrons. The van der Waals surface area contributed by atoms with Gasteiger partial charge in [-0.3, -0.25) is 0 Å². The Balaban J connectivity index is 2.09. The summed E-state index contributed by atoms with van der Waals surface area (Å²) >= 11 is 0. The summed E-state index contributed by atoms with van der Waals surface area (Å²) in [4.78, 5) is 0. The molecule has 78 valence electrons. The van der Waals surface area contributed by atoms with Crippen LogP contribution in [0.4, 0.5) is 0 Å². The highest BCUT2D eigenvalue weighted by Crippen LogP contribution is 2.12. The van der Waals surface area contributed by atoms with Crippen LogP contribution in [-0.4, -0.2) is 37.5 Å². The van der Waals surface area contributed by atoms with E-state index >= 15 is 0 Å². The van der Waals surface area contributed by atoms with Crippen LogP contribution in [0, 0.1) is 5.92 Å². The maximum absolute atomic E-state index is 8.96.